The Labute approximate surface area is 124 Å². The van der Waals surface area contributed by atoms with Gasteiger partial charge in [0.2, 0.25) is 0 Å². The van der Waals surface area contributed by atoms with Crippen molar-refractivity contribution in [3.05, 3.63) is 35.9 Å². The summed E-state index contributed by atoms with van der Waals surface area (Å²) in [5, 5.41) is 14.1. The summed E-state index contributed by atoms with van der Waals surface area (Å²) in [4.78, 5) is 22.0. The van der Waals surface area contributed by atoms with Gasteiger partial charge in [0.05, 0.1) is 0 Å². The Hall–Kier alpha value is -2.04. The quantitative estimate of drug-likeness (QED) is 0.674. The predicted octanol–water partition coefficient (Wildman–Crippen LogP) is 2.34. The zero-order chi connectivity index (χ0) is 15.3. The SMILES string of the molecule is C[C@@]1(CNC(=O)NCCCC(=O)O)C[C@H]1c1ccccc1. The van der Waals surface area contributed by atoms with E-state index in [9.17, 15) is 9.59 Å². The molecule has 2 rings (SSSR count). The normalized spacial score (nSPS) is 23.4. The highest BCUT2D eigenvalue weighted by molar-refractivity contribution is 5.74. The van der Waals surface area contributed by atoms with E-state index in [4.69, 9.17) is 5.11 Å². The maximum atomic E-state index is 11.6. The van der Waals surface area contributed by atoms with Gasteiger partial charge in [-0.25, -0.2) is 4.79 Å². The molecule has 0 heterocycles. The number of carbonyl (C=O) groups excluding carboxylic acids is 1. The smallest absolute Gasteiger partial charge is 0.314 e. The molecule has 21 heavy (non-hydrogen) atoms. The van der Waals surface area contributed by atoms with Gasteiger partial charge in [0.1, 0.15) is 0 Å². The van der Waals surface area contributed by atoms with Crippen molar-refractivity contribution in [2.75, 3.05) is 13.1 Å². The Kier molecular flexibility index (Phi) is 4.83. The molecule has 0 aromatic heterocycles. The van der Waals surface area contributed by atoms with Gasteiger partial charge in [0.25, 0.3) is 0 Å². The Morgan fingerprint density at radius 1 is 1.29 bits per heavy atom. The number of carboxylic acid groups (broad SMARTS) is 1. The van der Waals surface area contributed by atoms with Gasteiger partial charge in [0, 0.05) is 19.5 Å². The Morgan fingerprint density at radius 2 is 2.00 bits per heavy atom. The third-order valence-corrected chi connectivity index (χ3v) is 4.06. The Bertz CT molecular complexity index is 504. The second kappa shape index (κ2) is 6.61. The lowest BCUT2D eigenvalue weighted by atomic mass is 10.0. The van der Waals surface area contributed by atoms with Gasteiger partial charge in [-0.15, -0.1) is 0 Å². The largest absolute Gasteiger partial charge is 0.481 e. The van der Waals surface area contributed by atoms with Crippen LogP contribution in [-0.2, 0) is 4.79 Å². The molecule has 5 nitrogen and oxygen atoms in total. The lowest BCUT2D eigenvalue weighted by Crippen LogP contribution is -2.39. The molecular weight excluding hydrogens is 268 g/mol. The molecule has 5 heteroatoms. The fraction of sp³-hybridized carbons (Fsp3) is 0.500. The molecule has 1 aliphatic rings. The molecular formula is C16H22N2O3. The van der Waals surface area contributed by atoms with E-state index >= 15 is 0 Å². The minimum absolute atomic E-state index is 0.0775. The van der Waals surface area contributed by atoms with Gasteiger partial charge in [-0.3, -0.25) is 4.79 Å². The van der Waals surface area contributed by atoms with Crippen LogP contribution in [0.15, 0.2) is 30.3 Å². The van der Waals surface area contributed by atoms with E-state index in [-0.39, 0.29) is 17.9 Å². The van der Waals surface area contributed by atoms with Gasteiger partial charge in [-0.05, 0) is 29.7 Å². The number of hydrogen-bond donors (Lipinski definition) is 3. The molecule has 1 aromatic carbocycles. The minimum atomic E-state index is -0.839. The maximum absolute atomic E-state index is 11.6. The molecule has 114 valence electrons. The first-order valence-corrected chi connectivity index (χ1v) is 7.30. The molecule has 1 fully saturated rings. The number of carbonyl (C=O) groups is 2. The number of benzene rings is 1. The lowest BCUT2D eigenvalue weighted by molar-refractivity contribution is -0.137. The molecule has 0 spiro atoms. The van der Waals surface area contributed by atoms with Gasteiger partial charge in [-0.1, -0.05) is 37.3 Å². The molecule has 3 N–H and O–H groups in total. The molecule has 1 aromatic rings. The Morgan fingerprint density at radius 3 is 2.67 bits per heavy atom. The predicted molar refractivity (Wildman–Crippen MR) is 80.2 cm³/mol. The third kappa shape index (κ3) is 4.48. The number of urea groups is 1. The standard InChI is InChI=1S/C16H22N2O3/c1-16(10-13(16)12-6-3-2-4-7-12)11-18-15(21)17-9-5-8-14(19)20/h2-4,6-7,13H,5,8-11H2,1H3,(H,19,20)(H2,17,18,21)/t13-,16-/m0/s1. The van der Waals surface area contributed by atoms with Crippen molar-refractivity contribution >= 4 is 12.0 Å². The first-order valence-electron chi connectivity index (χ1n) is 7.30. The summed E-state index contributed by atoms with van der Waals surface area (Å²) >= 11 is 0. The summed E-state index contributed by atoms with van der Waals surface area (Å²) in [5.74, 6) is -0.334. The van der Waals surface area contributed by atoms with Crippen molar-refractivity contribution in [1.82, 2.24) is 10.6 Å². The molecule has 2 atom stereocenters. The van der Waals surface area contributed by atoms with Crippen molar-refractivity contribution in [1.29, 1.82) is 0 Å². The molecule has 0 unspecified atom stereocenters. The first kappa shape index (κ1) is 15.4. The van der Waals surface area contributed by atoms with E-state index < -0.39 is 5.97 Å². The average Bonchev–Trinajstić information content (AvgIpc) is 3.15. The maximum Gasteiger partial charge on any atom is 0.314 e. The van der Waals surface area contributed by atoms with Crippen LogP contribution in [0.3, 0.4) is 0 Å². The van der Waals surface area contributed by atoms with Crippen molar-refractivity contribution in [2.45, 2.75) is 32.1 Å². The van der Waals surface area contributed by atoms with Crippen molar-refractivity contribution in [2.24, 2.45) is 5.41 Å². The summed E-state index contributed by atoms with van der Waals surface area (Å²) in [6, 6.07) is 10.1. The molecule has 1 saturated carbocycles. The fourth-order valence-corrected chi connectivity index (χ4v) is 2.59. The van der Waals surface area contributed by atoms with Crippen LogP contribution in [0.4, 0.5) is 4.79 Å². The first-order chi connectivity index (χ1) is 10.0. The topological polar surface area (TPSA) is 78.4 Å². The molecule has 0 bridgehead atoms. The van der Waals surface area contributed by atoms with Crippen LogP contribution in [-0.4, -0.2) is 30.2 Å². The number of hydrogen-bond acceptors (Lipinski definition) is 2. The second-order valence-electron chi connectivity index (χ2n) is 5.93. The van der Waals surface area contributed by atoms with Crippen LogP contribution in [0.1, 0.15) is 37.7 Å². The highest BCUT2D eigenvalue weighted by Gasteiger charge is 2.50. The van der Waals surface area contributed by atoms with Crippen LogP contribution in [0.2, 0.25) is 0 Å². The molecule has 0 saturated heterocycles. The molecule has 0 radical (unpaired) electrons. The van der Waals surface area contributed by atoms with Crippen molar-refractivity contribution in [3.63, 3.8) is 0 Å². The zero-order valence-corrected chi connectivity index (χ0v) is 12.3. The van der Waals surface area contributed by atoms with Crippen LogP contribution in [0.5, 0.6) is 0 Å². The Balaban J connectivity index is 1.67. The van der Waals surface area contributed by atoms with Crippen LogP contribution >= 0.6 is 0 Å². The summed E-state index contributed by atoms with van der Waals surface area (Å²) in [7, 11) is 0. The number of aliphatic carboxylic acids is 1. The zero-order valence-electron chi connectivity index (χ0n) is 12.3. The van der Waals surface area contributed by atoms with Crippen LogP contribution in [0, 0.1) is 5.41 Å². The van der Waals surface area contributed by atoms with Crippen molar-refractivity contribution in [3.8, 4) is 0 Å². The minimum Gasteiger partial charge on any atom is -0.481 e. The van der Waals surface area contributed by atoms with Gasteiger partial charge in [0.15, 0.2) is 0 Å². The second-order valence-corrected chi connectivity index (χ2v) is 5.93. The third-order valence-electron chi connectivity index (χ3n) is 4.06. The van der Waals surface area contributed by atoms with Gasteiger partial charge in [-0.2, -0.15) is 0 Å². The number of nitrogens with one attached hydrogen (secondary N) is 2. The van der Waals surface area contributed by atoms with E-state index in [0.717, 1.165) is 6.42 Å². The van der Waals surface area contributed by atoms with Crippen LogP contribution in [0.25, 0.3) is 0 Å². The van der Waals surface area contributed by atoms with E-state index in [1.807, 2.05) is 18.2 Å². The highest BCUT2D eigenvalue weighted by Crippen LogP contribution is 2.58. The van der Waals surface area contributed by atoms with Crippen molar-refractivity contribution < 1.29 is 14.7 Å². The molecule has 2 amide bonds. The lowest BCUT2D eigenvalue weighted by Gasteiger charge is -2.13. The monoisotopic (exact) mass is 290 g/mol. The summed E-state index contributed by atoms with van der Waals surface area (Å²) in [6.45, 7) is 3.20. The van der Waals surface area contributed by atoms with E-state index in [1.165, 1.54) is 5.56 Å². The summed E-state index contributed by atoms with van der Waals surface area (Å²) < 4.78 is 0. The summed E-state index contributed by atoms with van der Waals surface area (Å²) in [6.07, 6.45) is 1.61. The summed E-state index contributed by atoms with van der Waals surface area (Å²) in [5.41, 5.74) is 1.45. The van der Waals surface area contributed by atoms with E-state index in [1.54, 1.807) is 0 Å². The number of rotatable bonds is 7. The molecule has 0 aliphatic heterocycles. The van der Waals surface area contributed by atoms with Crippen LogP contribution < -0.4 is 10.6 Å². The van der Waals surface area contributed by atoms with E-state index in [0.29, 0.717) is 25.4 Å². The number of carboxylic acids is 1. The highest BCUT2D eigenvalue weighted by atomic mass is 16.4. The molecule has 1 aliphatic carbocycles. The average molecular weight is 290 g/mol. The fourth-order valence-electron chi connectivity index (χ4n) is 2.59. The number of amides is 2. The van der Waals surface area contributed by atoms with E-state index in [2.05, 4.69) is 29.7 Å². The van der Waals surface area contributed by atoms with Gasteiger partial charge < -0.3 is 15.7 Å². The van der Waals surface area contributed by atoms with Gasteiger partial charge >= 0.3 is 12.0 Å².